The van der Waals surface area contributed by atoms with E-state index in [0.717, 1.165) is 6.04 Å². The zero-order valence-electron chi connectivity index (χ0n) is 8.01. The van der Waals surface area contributed by atoms with Crippen molar-refractivity contribution >= 4 is 19.8 Å². The van der Waals surface area contributed by atoms with Gasteiger partial charge in [-0.15, -0.1) is 0 Å². The third-order valence-electron chi connectivity index (χ3n) is 1.59. The first kappa shape index (κ1) is 14.8. The van der Waals surface area contributed by atoms with Crippen molar-refractivity contribution in [2.45, 2.75) is 19.9 Å². The summed E-state index contributed by atoms with van der Waals surface area (Å²) in [6.07, 6.45) is 0. The smallest absolute Gasteiger partial charge is 0.377 e. The monoisotopic (exact) mass is 210 g/mol. The molecule has 0 aliphatic carbocycles. The molecule has 0 atom stereocenters. The Hall–Kier alpha value is 0.314. The molecule has 0 radical (unpaired) electrons. The van der Waals surface area contributed by atoms with Gasteiger partial charge in [0, 0.05) is 27.4 Å². The molecule has 0 rings (SSSR count). The number of hydrogen-bond donors (Lipinski definition) is 0. The van der Waals surface area contributed by atoms with Gasteiger partial charge in [0.05, 0.1) is 0 Å². The zero-order chi connectivity index (χ0) is 8.91. The van der Waals surface area contributed by atoms with Crippen LogP contribution in [-0.4, -0.2) is 41.1 Å². The minimum absolute atomic E-state index is 0. The SMILES string of the molecule is CO[Si](CC(C)C)(OC)OC.[SiH4]. The van der Waals surface area contributed by atoms with Crippen LogP contribution in [0.1, 0.15) is 13.8 Å². The van der Waals surface area contributed by atoms with Crippen LogP contribution < -0.4 is 0 Å². The van der Waals surface area contributed by atoms with Gasteiger partial charge in [-0.3, -0.25) is 0 Å². The highest BCUT2D eigenvalue weighted by atomic mass is 28.4. The van der Waals surface area contributed by atoms with E-state index >= 15 is 0 Å². The van der Waals surface area contributed by atoms with Crippen molar-refractivity contribution in [2.24, 2.45) is 5.92 Å². The van der Waals surface area contributed by atoms with Gasteiger partial charge < -0.3 is 13.3 Å². The van der Waals surface area contributed by atoms with Gasteiger partial charge in [-0.2, -0.15) is 0 Å². The summed E-state index contributed by atoms with van der Waals surface area (Å²) in [6, 6.07) is 0.872. The molecule has 12 heavy (non-hydrogen) atoms. The summed E-state index contributed by atoms with van der Waals surface area (Å²) in [4.78, 5) is 0. The summed E-state index contributed by atoms with van der Waals surface area (Å²) >= 11 is 0. The molecule has 0 aliphatic heterocycles. The average molecular weight is 210 g/mol. The topological polar surface area (TPSA) is 27.7 Å². The first-order chi connectivity index (χ1) is 5.10. The second-order valence-electron chi connectivity index (χ2n) is 2.89. The first-order valence-electron chi connectivity index (χ1n) is 3.75. The van der Waals surface area contributed by atoms with Gasteiger partial charge >= 0.3 is 8.80 Å². The second kappa shape index (κ2) is 6.79. The number of hydrogen-bond acceptors (Lipinski definition) is 3. The molecule has 0 saturated carbocycles. The fourth-order valence-electron chi connectivity index (χ4n) is 1.00. The van der Waals surface area contributed by atoms with E-state index in [1.165, 1.54) is 0 Å². The quantitative estimate of drug-likeness (QED) is 0.601. The largest absolute Gasteiger partial charge is 0.500 e. The standard InChI is InChI=1S/C7H18O3Si.H4Si/c1-7(2)6-11(8-3,9-4)10-5;/h7H,6H2,1-5H3;1H4. The van der Waals surface area contributed by atoms with E-state index in [0.29, 0.717) is 5.92 Å². The predicted octanol–water partition coefficient (Wildman–Crippen LogP) is 0.0689. The van der Waals surface area contributed by atoms with Gasteiger partial charge in [0.15, 0.2) is 0 Å². The van der Waals surface area contributed by atoms with Gasteiger partial charge in [0.25, 0.3) is 0 Å². The minimum Gasteiger partial charge on any atom is -0.377 e. The molecule has 0 heterocycles. The lowest BCUT2D eigenvalue weighted by Gasteiger charge is -2.25. The molecule has 0 aromatic carbocycles. The van der Waals surface area contributed by atoms with Crippen LogP contribution in [0.5, 0.6) is 0 Å². The molecular weight excluding hydrogens is 188 g/mol. The second-order valence-corrected chi connectivity index (χ2v) is 5.89. The van der Waals surface area contributed by atoms with Crippen LogP contribution in [0, 0.1) is 5.92 Å². The van der Waals surface area contributed by atoms with Gasteiger partial charge in [0.1, 0.15) is 0 Å². The highest BCUT2D eigenvalue weighted by Gasteiger charge is 2.38. The Balaban J connectivity index is 0. The van der Waals surface area contributed by atoms with Gasteiger partial charge in [-0.1, -0.05) is 13.8 Å². The summed E-state index contributed by atoms with van der Waals surface area (Å²) in [5.74, 6) is 0.543. The molecular formula is C7H22O3Si2. The predicted molar refractivity (Wildman–Crippen MR) is 57.8 cm³/mol. The third kappa shape index (κ3) is 4.37. The Labute approximate surface area is 80.8 Å². The molecule has 76 valence electrons. The van der Waals surface area contributed by atoms with E-state index in [9.17, 15) is 0 Å². The van der Waals surface area contributed by atoms with Crippen LogP contribution in [0.15, 0.2) is 0 Å². The van der Waals surface area contributed by atoms with Crippen molar-refractivity contribution in [3.63, 3.8) is 0 Å². The summed E-state index contributed by atoms with van der Waals surface area (Å²) in [5.41, 5.74) is 0. The van der Waals surface area contributed by atoms with Crippen molar-refractivity contribution in [1.82, 2.24) is 0 Å². The van der Waals surface area contributed by atoms with E-state index in [2.05, 4.69) is 13.8 Å². The van der Waals surface area contributed by atoms with Gasteiger partial charge in [-0.05, 0) is 16.9 Å². The lowest BCUT2D eigenvalue weighted by Crippen LogP contribution is -2.43. The maximum Gasteiger partial charge on any atom is 0.500 e. The number of rotatable bonds is 5. The molecule has 0 amide bonds. The van der Waals surface area contributed by atoms with Crippen molar-refractivity contribution in [3.8, 4) is 0 Å². The van der Waals surface area contributed by atoms with E-state index in [1.54, 1.807) is 21.3 Å². The fourth-order valence-corrected chi connectivity index (χ4v) is 3.00. The van der Waals surface area contributed by atoms with Crippen molar-refractivity contribution < 1.29 is 13.3 Å². The highest BCUT2D eigenvalue weighted by molar-refractivity contribution is 6.60. The van der Waals surface area contributed by atoms with Crippen LogP contribution >= 0.6 is 0 Å². The molecule has 0 N–H and O–H groups in total. The fraction of sp³-hybridized carbons (Fsp3) is 1.00. The molecule has 0 aromatic rings. The minimum atomic E-state index is -2.28. The Morgan fingerprint density at radius 2 is 1.33 bits per heavy atom. The maximum atomic E-state index is 5.24. The Kier molecular flexibility index (Phi) is 8.38. The molecule has 0 spiro atoms. The van der Waals surface area contributed by atoms with E-state index in [4.69, 9.17) is 13.3 Å². The van der Waals surface area contributed by atoms with Gasteiger partial charge in [-0.25, -0.2) is 0 Å². The molecule has 0 aromatic heterocycles. The van der Waals surface area contributed by atoms with Crippen LogP contribution in [0.3, 0.4) is 0 Å². The molecule has 5 heteroatoms. The molecule has 0 saturated heterocycles. The first-order valence-corrected chi connectivity index (χ1v) is 5.69. The van der Waals surface area contributed by atoms with Gasteiger partial charge in [0.2, 0.25) is 0 Å². The van der Waals surface area contributed by atoms with Crippen LogP contribution in [0.2, 0.25) is 6.04 Å². The molecule has 3 nitrogen and oxygen atoms in total. The maximum absolute atomic E-state index is 5.24. The van der Waals surface area contributed by atoms with Crippen molar-refractivity contribution in [1.29, 1.82) is 0 Å². The Bertz CT molecular complexity index is 96.6. The lowest BCUT2D eigenvalue weighted by molar-refractivity contribution is 0.119. The molecule has 0 fully saturated rings. The Morgan fingerprint density at radius 3 is 1.42 bits per heavy atom. The molecule has 0 unspecified atom stereocenters. The van der Waals surface area contributed by atoms with Crippen LogP contribution in [0.4, 0.5) is 0 Å². The summed E-state index contributed by atoms with van der Waals surface area (Å²) in [7, 11) is 2.64. The van der Waals surface area contributed by atoms with Crippen molar-refractivity contribution in [2.75, 3.05) is 21.3 Å². The van der Waals surface area contributed by atoms with Crippen LogP contribution in [-0.2, 0) is 13.3 Å². The molecule has 0 aliphatic rings. The zero-order valence-corrected chi connectivity index (χ0v) is 9.01. The average Bonchev–Trinajstić information content (AvgIpc) is 2.00. The van der Waals surface area contributed by atoms with E-state index in [1.807, 2.05) is 0 Å². The van der Waals surface area contributed by atoms with Crippen LogP contribution in [0.25, 0.3) is 0 Å². The van der Waals surface area contributed by atoms with Crippen molar-refractivity contribution in [3.05, 3.63) is 0 Å². The summed E-state index contributed by atoms with van der Waals surface area (Å²) in [5, 5.41) is 0. The lowest BCUT2D eigenvalue weighted by atomic mass is 10.3. The summed E-state index contributed by atoms with van der Waals surface area (Å²) < 4.78 is 15.7. The third-order valence-corrected chi connectivity index (χ3v) is 4.77. The normalized spacial score (nSPS) is 11.5. The molecule has 0 bridgehead atoms. The Morgan fingerprint density at radius 1 is 1.00 bits per heavy atom. The highest BCUT2D eigenvalue weighted by Crippen LogP contribution is 2.18. The summed E-state index contributed by atoms with van der Waals surface area (Å²) in [6.45, 7) is 4.25. The van der Waals surface area contributed by atoms with E-state index in [-0.39, 0.29) is 11.0 Å². The van der Waals surface area contributed by atoms with E-state index < -0.39 is 8.80 Å².